The van der Waals surface area contributed by atoms with Gasteiger partial charge in [0.1, 0.15) is 15.6 Å². The van der Waals surface area contributed by atoms with Crippen LogP contribution in [0.1, 0.15) is 29.2 Å². The number of hydrogen-bond donors (Lipinski definition) is 1. The van der Waals surface area contributed by atoms with Crippen LogP contribution in [0.2, 0.25) is 0 Å². The Morgan fingerprint density at radius 1 is 1.40 bits per heavy atom. The summed E-state index contributed by atoms with van der Waals surface area (Å²) in [6, 6.07) is 3.48. The number of nitrogens with one attached hydrogen (secondary N) is 1. The quantitative estimate of drug-likeness (QED) is 0.894. The maximum Gasteiger partial charge on any atom is 0.287 e. The maximum atomic E-state index is 11.9. The van der Waals surface area contributed by atoms with Crippen molar-refractivity contribution in [2.24, 2.45) is 5.92 Å². The fraction of sp³-hybridized carbons (Fsp3) is 0.615. The number of thioether (sulfide) groups is 1. The molecule has 0 aromatic carbocycles. The number of furan rings is 1. The lowest BCUT2D eigenvalue weighted by atomic mass is 10.0. The summed E-state index contributed by atoms with van der Waals surface area (Å²) in [6.45, 7) is 0.507. The predicted molar refractivity (Wildman–Crippen MR) is 79.6 cm³/mol. The average molecular weight is 317 g/mol. The largest absolute Gasteiger partial charge is 0.455 e. The molecule has 0 spiro atoms. The lowest BCUT2D eigenvalue weighted by Gasteiger charge is -2.21. The van der Waals surface area contributed by atoms with Gasteiger partial charge in [0.25, 0.3) is 5.91 Å². The van der Waals surface area contributed by atoms with Crippen molar-refractivity contribution in [2.45, 2.75) is 18.6 Å². The molecular weight excluding hydrogens is 298 g/mol. The molecule has 2 rings (SSSR count). The van der Waals surface area contributed by atoms with Crippen molar-refractivity contribution in [2.75, 3.05) is 24.3 Å². The summed E-state index contributed by atoms with van der Waals surface area (Å²) in [4.78, 5) is 11.9. The summed E-state index contributed by atoms with van der Waals surface area (Å²) in [6.07, 6.45) is 3.22. The van der Waals surface area contributed by atoms with Crippen LogP contribution >= 0.6 is 11.8 Å². The highest BCUT2D eigenvalue weighted by molar-refractivity contribution is 7.97. The number of carbonyl (C=O) groups excluding carboxylic acids is 1. The minimum Gasteiger partial charge on any atom is -0.455 e. The monoisotopic (exact) mass is 317 g/mol. The van der Waals surface area contributed by atoms with Gasteiger partial charge in [-0.3, -0.25) is 4.79 Å². The number of amides is 1. The number of sulfone groups is 1. The highest BCUT2D eigenvalue weighted by atomic mass is 32.2. The normalized spacial score (nSPS) is 18.9. The van der Waals surface area contributed by atoms with Gasteiger partial charge in [-0.05, 0) is 37.1 Å². The molecule has 112 valence electrons. The molecule has 0 saturated carbocycles. The summed E-state index contributed by atoms with van der Waals surface area (Å²) < 4.78 is 28.1. The second kappa shape index (κ2) is 6.67. The molecule has 0 bridgehead atoms. The number of carbonyl (C=O) groups is 1. The Labute approximate surface area is 123 Å². The lowest BCUT2D eigenvalue weighted by molar-refractivity contribution is 0.0917. The van der Waals surface area contributed by atoms with Crippen molar-refractivity contribution in [3.05, 3.63) is 23.7 Å². The van der Waals surface area contributed by atoms with Crippen molar-refractivity contribution in [1.82, 2.24) is 5.32 Å². The molecule has 0 radical (unpaired) electrons. The molecule has 0 aliphatic carbocycles. The van der Waals surface area contributed by atoms with Crippen LogP contribution in [0.3, 0.4) is 0 Å². The van der Waals surface area contributed by atoms with Crippen molar-refractivity contribution in [3.8, 4) is 0 Å². The van der Waals surface area contributed by atoms with E-state index in [2.05, 4.69) is 5.32 Å². The van der Waals surface area contributed by atoms with Gasteiger partial charge in [0, 0.05) is 6.54 Å². The SMILES string of the molecule is CSCc1ccc(C(=O)NCC2CCS(=O)(=O)CC2)o1. The third-order valence-electron chi connectivity index (χ3n) is 3.40. The lowest BCUT2D eigenvalue weighted by Crippen LogP contribution is -2.33. The predicted octanol–water partition coefficient (Wildman–Crippen LogP) is 1.70. The average Bonchev–Trinajstić information content (AvgIpc) is 2.86. The van der Waals surface area contributed by atoms with E-state index < -0.39 is 9.84 Å². The van der Waals surface area contributed by atoms with Gasteiger partial charge in [0.05, 0.1) is 17.3 Å². The van der Waals surface area contributed by atoms with Crippen molar-refractivity contribution >= 4 is 27.5 Å². The number of rotatable bonds is 5. The molecule has 2 heterocycles. The van der Waals surface area contributed by atoms with E-state index in [1.165, 1.54) is 0 Å². The van der Waals surface area contributed by atoms with Gasteiger partial charge < -0.3 is 9.73 Å². The molecule has 0 atom stereocenters. The Hall–Kier alpha value is -0.950. The second-order valence-corrected chi connectivity index (χ2v) is 8.17. The third kappa shape index (κ3) is 4.28. The first kappa shape index (κ1) is 15.4. The molecule has 5 nitrogen and oxygen atoms in total. The molecule has 20 heavy (non-hydrogen) atoms. The highest BCUT2D eigenvalue weighted by Gasteiger charge is 2.24. The van der Waals surface area contributed by atoms with E-state index in [-0.39, 0.29) is 23.3 Å². The molecule has 0 unspecified atom stereocenters. The zero-order chi connectivity index (χ0) is 14.6. The molecule has 1 fully saturated rings. The van der Waals surface area contributed by atoms with E-state index in [1.807, 2.05) is 6.26 Å². The molecule has 1 aliphatic heterocycles. The van der Waals surface area contributed by atoms with E-state index in [9.17, 15) is 13.2 Å². The van der Waals surface area contributed by atoms with E-state index >= 15 is 0 Å². The fourth-order valence-electron chi connectivity index (χ4n) is 2.19. The zero-order valence-electron chi connectivity index (χ0n) is 11.4. The molecule has 1 aliphatic rings. The van der Waals surface area contributed by atoms with Gasteiger partial charge in [-0.2, -0.15) is 11.8 Å². The molecule has 1 amide bonds. The topological polar surface area (TPSA) is 76.4 Å². The van der Waals surface area contributed by atoms with Gasteiger partial charge in [0.2, 0.25) is 0 Å². The van der Waals surface area contributed by atoms with Crippen LogP contribution in [0.15, 0.2) is 16.5 Å². The van der Waals surface area contributed by atoms with Crippen LogP contribution in [0.25, 0.3) is 0 Å². The van der Waals surface area contributed by atoms with Gasteiger partial charge in [0.15, 0.2) is 5.76 Å². The summed E-state index contributed by atoms with van der Waals surface area (Å²) in [7, 11) is -2.84. The van der Waals surface area contributed by atoms with E-state index in [0.717, 1.165) is 11.5 Å². The zero-order valence-corrected chi connectivity index (χ0v) is 13.1. The van der Waals surface area contributed by atoms with Crippen molar-refractivity contribution in [3.63, 3.8) is 0 Å². The molecule has 1 saturated heterocycles. The minimum absolute atomic E-state index is 0.228. The van der Waals surface area contributed by atoms with Crippen molar-refractivity contribution in [1.29, 1.82) is 0 Å². The summed E-state index contributed by atoms with van der Waals surface area (Å²) in [5.74, 6) is 2.31. The second-order valence-electron chi connectivity index (χ2n) is 5.00. The summed E-state index contributed by atoms with van der Waals surface area (Å²) >= 11 is 1.63. The Balaban J connectivity index is 1.80. The first-order valence-corrected chi connectivity index (χ1v) is 9.78. The fourth-order valence-corrected chi connectivity index (χ4v) is 4.22. The molecule has 1 N–H and O–H groups in total. The number of hydrogen-bond acceptors (Lipinski definition) is 5. The maximum absolute atomic E-state index is 11.9. The third-order valence-corrected chi connectivity index (χ3v) is 5.69. The van der Waals surface area contributed by atoms with E-state index in [0.29, 0.717) is 25.1 Å². The van der Waals surface area contributed by atoms with Crippen LogP contribution in [0.5, 0.6) is 0 Å². The smallest absolute Gasteiger partial charge is 0.287 e. The van der Waals surface area contributed by atoms with E-state index in [1.54, 1.807) is 23.9 Å². The molecule has 1 aromatic heterocycles. The van der Waals surface area contributed by atoms with Crippen LogP contribution in [0.4, 0.5) is 0 Å². The standard InChI is InChI=1S/C13H19NO4S2/c1-19-9-11-2-3-12(18-11)13(15)14-8-10-4-6-20(16,17)7-5-10/h2-3,10H,4-9H2,1H3,(H,14,15). The van der Waals surface area contributed by atoms with Gasteiger partial charge in [-0.25, -0.2) is 8.42 Å². The van der Waals surface area contributed by atoms with Crippen LogP contribution in [-0.4, -0.2) is 38.6 Å². The van der Waals surface area contributed by atoms with Gasteiger partial charge >= 0.3 is 0 Å². The van der Waals surface area contributed by atoms with Crippen LogP contribution < -0.4 is 5.32 Å². The van der Waals surface area contributed by atoms with Gasteiger partial charge in [-0.1, -0.05) is 0 Å². The minimum atomic E-state index is -2.84. The van der Waals surface area contributed by atoms with Gasteiger partial charge in [-0.15, -0.1) is 0 Å². The van der Waals surface area contributed by atoms with E-state index in [4.69, 9.17) is 4.42 Å². The molecule has 7 heteroatoms. The first-order chi connectivity index (χ1) is 9.50. The highest BCUT2D eigenvalue weighted by Crippen LogP contribution is 2.18. The Morgan fingerprint density at radius 3 is 2.75 bits per heavy atom. The van der Waals surface area contributed by atoms with Crippen molar-refractivity contribution < 1.29 is 17.6 Å². The molecular formula is C13H19NO4S2. The summed E-state index contributed by atoms with van der Waals surface area (Å²) in [5.41, 5.74) is 0. The summed E-state index contributed by atoms with van der Waals surface area (Å²) in [5, 5.41) is 2.82. The Morgan fingerprint density at radius 2 is 2.10 bits per heavy atom. The first-order valence-electron chi connectivity index (χ1n) is 6.56. The van der Waals surface area contributed by atoms with Crippen LogP contribution in [-0.2, 0) is 15.6 Å². The Bertz CT molecular complexity index is 551. The van der Waals surface area contributed by atoms with Crippen LogP contribution in [0, 0.1) is 5.92 Å². The molecule has 1 aromatic rings. The Kier molecular flexibility index (Phi) is 5.15.